The van der Waals surface area contributed by atoms with Crippen molar-refractivity contribution in [3.05, 3.63) is 29.6 Å². The van der Waals surface area contributed by atoms with E-state index < -0.39 is 0 Å². The van der Waals surface area contributed by atoms with Gasteiger partial charge in [0.25, 0.3) is 0 Å². The maximum Gasteiger partial charge on any atom is 0.146 e. The third-order valence-corrected chi connectivity index (χ3v) is 2.81. The first-order valence-corrected chi connectivity index (χ1v) is 4.94. The number of nitrogens with two attached hydrogens (primary N) is 1. The van der Waals surface area contributed by atoms with Gasteiger partial charge in [0.05, 0.1) is 5.69 Å². The normalized spacial score (nSPS) is 25.0. The van der Waals surface area contributed by atoms with E-state index in [0.717, 1.165) is 11.5 Å². The Morgan fingerprint density at radius 3 is 2.93 bits per heavy atom. The molecule has 0 amide bonds. The molecule has 76 valence electrons. The van der Waals surface area contributed by atoms with Crippen molar-refractivity contribution >= 4 is 5.69 Å². The zero-order chi connectivity index (χ0) is 10.1. The second kappa shape index (κ2) is 3.58. The van der Waals surface area contributed by atoms with Crippen molar-refractivity contribution in [1.29, 1.82) is 0 Å². The minimum Gasteiger partial charge on any atom is -0.396 e. The van der Waals surface area contributed by atoms with Crippen LogP contribution in [0.15, 0.2) is 18.2 Å². The second-order valence-corrected chi connectivity index (χ2v) is 4.01. The molecule has 0 saturated heterocycles. The van der Waals surface area contributed by atoms with Crippen LogP contribution in [0.1, 0.15) is 18.9 Å². The molecule has 0 bridgehead atoms. The summed E-state index contributed by atoms with van der Waals surface area (Å²) in [5.74, 6) is 0.429. The van der Waals surface area contributed by atoms with Crippen LogP contribution in [-0.4, -0.2) is 6.04 Å². The Morgan fingerprint density at radius 1 is 1.57 bits per heavy atom. The number of anilines is 1. The van der Waals surface area contributed by atoms with Gasteiger partial charge < -0.3 is 11.1 Å². The summed E-state index contributed by atoms with van der Waals surface area (Å²) in [7, 11) is 0. The highest BCUT2D eigenvalue weighted by molar-refractivity contribution is 5.47. The summed E-state index contributed by atoms with van der Waals surface area (Å²) in [6.45, 7) is 2.87. The maximum absolute atomic E-state index is 13.0. The topological polar surface area (TPSA) is 38.0 Å². The van der Waals surface area contributed by atoms with Gasteiger partial charge in [-0.15, -0.1) is 0 Å². The van der Waals surface area contributed by atoms with Crippen molar-refractivity contribution < 1.29 is 4.39 Å². The summed E-state index contributed by atoms with van der Waals surface area (Å²) in [4.78, 5) is 0. The largest absolute Gasteiger partial charge is 0.396 e. The standard InChI is InChI=1S/C11H15FN2/c1-7-5-10(7)14-6-8-3-2-4-9(12)11(8)13/h2-4,7,10,14H,5-6,13H2,1H3. The lowest BCUT2D eigenvalue weighted by atomic mass is 10.1. The van der Waals surface area contributed by atoms with Crippen molar-refractivity contribution in [3.8, 4) is 0 Å². The third kappa shape index (κ3) is 1.87. The number of benzene rings is 1. The van der Waals surface area contributed by atoms with E-state index in [4.69, 9.17) is 5.73 Å². The minimum atomic E-state index is -0.326. The van der Waals surface area contributed by atoms with E-state index in [-0.39, 0.29) is 11.5 Å². The lowest BCUT2D eigenvalue weighted by Crippen LogP contribution is -2.18. The molecule has 2 atom stereocenters. The minimum absolute atomic E-state index is 0.272. The second-order valence-electron chi connectivity index (χ2n) is 4.01. The molecule has 2 unspecified atom stereocenters. The van der Waals surface area contributed by atoms with Crippen LogP contribution in [0.25, 0.3) is 0 Å². The first-order valence-electron chi connectivity index (χ1n) is 4.94. The summed E-state index contributed by atoms with van der Waals surface area (Å²) in [5, 5.41) is 3.34. The Morgan fingerprint density at radius 2 is 2.29 bits per heavy atom. The van der Waals surface area contributed by atoms with Crippen molar-refractivity contribution in [3.63, 3.8) is 0 Å². The molecule has 0 aromatic heterocycles. The van der Waals surface area contributed by atoms with Gasteiger partial charge in [-0.25, -0.2) is 4.39 Å². The highest BCUT2D eigenvalue weighted by Crippen LogP contribution is 2.29. The van der Waals surface area contributed by atoms with Gasteiger partial charge in [-0.1, -0.05) is 19.1 Å². The SMILES string of the molecule is CC1CC1NCc1cccc(F)c1N. The van der Waals surface area contributed by atoms with E-state index in [1.165, 1.54) is 12.5 Å². The summed E-state index contributed by atoms with van der Waals surface area (Å²) < 4.78 is 13.0. The molecule has 1 aliphatic rings. The molecule has 14 heavy (non-hydrogen) atoms. The Hall–Kier alpha value is -1.09. The fraction of sp³-hybridized carbons (Fsp3) is 0.455. The Balaban J connectivity index is 1.98. The number of rotatable bonds is 3. The molecule has 1 fully saturated rings. The van der Waals surface area contributed by atoms with Gasteiger partial charge in [0.15, 0.2) is 0 Å². The number of hydrogen-bond acceptors (Lipinski definition) is 2. The van der Waals surface area contributed by atoms with Gasteiger partial charge in [0.2, 0.25) is 0 Å². The van der Waals surface area contributed by atoms with E-state index >= 15 is 0 Å². The van der Waals surface area contributed by atoms with Crippen LogP contribution in [0.3, 0.4) is 0 Å². The first kappa shape index (κ1) is 9.46. The number of halogens is 1. The smallest absolute Gasteiger partial charge is 0.146 e. The first-order chi connectivity index (χ1) is 6.68. The van der Waals surface area contributed by atoms with Crippen LogP contribution in [0.5, 0.6) is 0 Å². The molecule has 0 spiro atoms. The average Bonchev–Trinajstić information content (AvgIpc) is 2.85. The monoisotopic (exact) mass is 194 g/mol. The van der Waals surface area contributed by atoms with Crippen molar-refractivity contribution in [2.75, 3.05) is 5.73 Å². The summed E-state index contributed by atoms with van der Waals surface area (Å²) in [6.07, 6.45) is 1.22. The molecule has 2 rings (SSSR count). The van der Waals surface area contributed by atoms with Gasteiger partial charge in [-0.2, -0.15) is 0 Å². The number of nitrogen functional groups attached to an aromatic ring is 1. The van der Waals surface area contributed by atoms with E-state index in [2.05, 4.69) is 12.2 Å². The molecular weight excluding hydrogens is 179 g/mol. The van der Waals surface area contributed by atoms with E-state index in [0.29, 0.717) is 12.6 Å². The lowest BCUT2D eigenvalue weighted by Gasteiger charge is -2.07. The highest BCUT2D eigenvalue weighted by atomic mass is 19.1. The van der Waals surface area contributed by atoms with Crippen LogP contribution in [-0.2, 0) is 6.54 Å². The van der Waals surface area contributed by atoms with Crippen molar-refractivity contribution in [1.82, 2.24) is 5.32 Å². The van der Waals surface area contributed by atoms with E-state index in [1.54, 1.807) is 6.07 Å². The van der Waals surface area contributed by atoms with Crippen LogP contribution in [0.4, 0.5) is 10.1 Å². The third-order valence-electron chi connectivity index (χ3n) is 2.81. The summed E-state index contributed by atoms with van der Waals surface area (Å²) in [6, 6.07) is 5.54. The molecule has 1 aromatic carbocycles. The molecule has 3 heteroatoms. The average molecular weight is 194 g/mol. The zero-order valence-electron chi connectivity index (χ0n) is 8.26. The van der Waals surface area contributed by atoms with Gasteiger partial charge in [0, 0.05) is 12.6 Å². The van der Waals surface area contributed by atoms with Crippen molar-refractivity contribution in [2.24, 2.45) is 5.92 Å². The molecule has 0 heterocycles. The van der Waals surface area contributed by atoms with Gasteiger partial charge in [0.1, 0.15) is 5.82 Å². The number of para-hydroxylation sites is 1. The van der Waals surface area contributed by atoms with Gasteiger partial charge in [-0.3, -0.25) is 0 Å². The molecule has 3 N–H and O–H groups in total. The molecular formula is C11H15FN2. The van der Waals surface area contributed by atoms with Crippen LogP contribution in [0, 0.1) is 11.7 Å². The summed E-state index contributed by atoms with van der Waals surface area (Å²) >= 11 is 0. The maximum atomic E-state index is 13.0. The zero-order valence-corrected chi connectivity index (χ0v) is 8.26. The van der Waals surface area contributed by atoms with Crippen LogP contribution >= 0.6 is 0 Å². The lowest BCUT2D eigenvalue weighted by molar-refractivity contribution is 0.621. The van der Waals surface area contributed by atoms with Crippen LogP contribution < -0.4 is 11.1 Å². The highest BCUT2D eigenvalue weighted by Gasteiger charge is 2.31. The molecule has 1 aromatic rings. The Labute approximate surface area is 83.3 Å². The molecule has 2 nitrogen and oxygen atoms in total. The fourth-order valence-electron chi connectivity index (χ4n) is 1.58. The fourth-order valence-corrected chi connectivity index (χ4v) is 1.58. The van der Waals surface area contributed by atoms with Crippen LogP contribution in [0.2, 0.25) is 0 Å². The van der Waals surface area contributed by atoms with E-state index in [9.17, 15) is 4.39 Å². The summed E-state index contributed by atoms with van der Waals surface area (Å²) in [5.41, 5.74) is 6.73. The van der Waals surface area contributed by atoms with Gasteiger partial charge in [-0.05, 0) is 24.0 Å². The number of hydrogen-bond donors (Lipinski definition) is 2. The van der Waals surface area contributed by atoms with Crippen molar-refractivity contribution in [2.45, 2.75) is 25.9 Å². The quantitative estimate of drug-likeness (QED) is 0.721. The molecule has 0 aliphatic heterocycles. The Kier molecular flexibility index (Phi) is 2.42. The van der Waals surface area contributed by atoms with Gasteiger partial charge >= 0.3 is 0 Å². The Bertz CT molecular complexity index is 338. The van der Waals surface area contributed by atoms with E-state index in [1.807, 2.05) is 6.07 Å². The predicted octanol–water partition coefficient (Wildman–Crippen LogP) is 1.91. The molecule has 1 saturated carbocycles. The molecule has 0 radical (unpaired) electrons. The molecule has 1 aliphatic carbocycles. The number of nitrogens with one attached hydrogen (secondary N) is 1. The predicted molar refractivity (Wildman–Crippen MR) is 55.2 cm³/mol.